The van der Waals surface area contributed by atoms with Crippen LogP contribution in [0.1, 0.15) is 32.8 Å². The van der Waals surface area contributed by atoms with E-state index < -0.39 is 23.6 Å². The van der Waals surface area contributed by atoms with Crippen LogP contribution >= 0.6 is 11.6 Å². The summed E-state index contributed by atoms with van der Waals surface area (Å²) in [4.78, 5) is 13.7. The molecule has 2 atom stereocenters. The van der Waals surface area contributed by atoms with E-state index in [-0.39, 0.29) is 10.9 Å². The van der Waals surface area contributed by atoms with E-state index in [1.54, 1.807) is 17.0 Å². The maximum Gasteiger partial charge on any atom is 0.410 e. The molecule has 0 spiro atoms. The van der Waals surface area contributed by atoms with Crippen LogP contribution in [-0.2, 0) is 11.2 Å². The predicted octanol–water partition coefficient (Wildman–Crippen LogP) is 3.64. The summed E-state index contributed by atoms with van der Waals surface area (Å²) < 4.78 is 19.4. The molecule has 2 rings (SSSR count). The first-order valence-electron chi connectivity index (χ1n) is 7.76. The Kier molecular flexibility index (Phi) is 5.53. The second-order valence-electron chi connectivity index (χ2n) is 6.96. The van der Waals surface area contributed by atoms with Crippen molar-refractivity contribution in [3.63, 3.8) is 0 Å². The first-order chi connectivity index (χ1) is 10.7. The van der Waals surface area contributed by atoms with Crippen LogP contribution in [-0.4, -0.2) is 40.9 Å². The molecule has 6 heteroatoms. The molecule has 1 aliphatic heterocycles. The number of halogens is 2. The highest BCUT2D eigenvalue weighted by molar-refractivity contribution is 6.30. The van der Waals surface area contributed by atoms with Gasteiger partial charge in [-0.15, -0.1) is 0 Å². The van der Waals surface area contributed by atoms with E-state index in [0.29, 0.717) is 31.5 Å². The average molecular weight is 344 g/mol. The lowest BCUT2D eigenvalue weighted by Crippen LogP contribution is -2.48. The first-order valence-corrected chi connectivity index (χ1v) is 8.14. The Bertz CT molecular complexity index is 573. The van der Waals surface area contributed by atoms with Crippen LogP contribution in [0, 0.1) is 11.7 Å². The number of likely N-dealkylation sites (tertiary alicyclic amines) is 1. The first kappa shape index (κ1) is 18.0. The molecular weight excluding hydrogens is 321 g/mol. The van der Waals surface area contributed by atoms with Crippen molar-refractivity contribution < 1.29 is 19.0 Å². The Balaban J connectivity index is 2.06. The van der Waals surface area contributed by atoms with Crippen LogP contribution in [0.25, 0.3) is 0 Å². The van der Waals surface area contributed by atoms with Crippen molar-refractivity contribution in [1.82, 2.24) is 4.90 Å². The molecule has 2 unspecified atom stereocenters. The Morgan fingerprint density at radius 2 is 2.17 bits per heavy atom. The van der Waals surface area contributed by atoms with Crippen molar-refractivity contribution in [2.24, 2.45) is 5.92 Å². The van der Waals surface area contributed by atoms with Crippen molar-refractivity contribution in [3.8, 4) is 0 Å². The summed E-state index contributed by atoms with van der Waals surface area (Å²) in [6, 6.07) is 4.83. The van der Waals surface area contributed by atoms with Crippen LogP contribution < -0.4 is 0 Å². The molecule has 1 N–H and O–H groups in total. The number of amides is 1. The molecule has 0 saturated carbocycles. The molecule has 1 aromatic carbocycles. The molecule has 0 aliphatic carbocycles. The second-order valence-corrected chi connectivity index (χ2v) is 7.37. The number of carbonyl (C=O) groups excluding carboxylic acids is 1. The largest absolute Gasteiger partial charge is 0.444 e. The molecule has 1 amide bonds. The molecule has 1 fully saturated rings. The molecule has 1 heterocycles. The third-order valence-electron chi connectivity index (χ3n) is 3.86. The third kappa shape index (κ3) is 4.82. The lowest BCUT2D eigenvalue weighted by Gasteiger charge is -2.37. The van der Waals surface area contributed by atoms with Gasteiger partial charge in [-0.25, -0.2) is 9.18 Å². The van der Waals surface area contributed by atoms with Gasteiger partial charge in [0, 0.05) is 19.0 Å². The highest BCUT2D eigenvalue weighted by Crippen LogP contribution is 2.26. The summed E-state index contributed by atoms with van der Waals surface area (Å²) in [6.45, 7) is 6.19. The Morgan fingerprint density at radius 1 is 1.48 bits per heavy atom. The topological polar surface area (TPSA) is 49.8 Å². The smallest absolute Gasteiger partial charge is 0.410 e. The fourth-order valence-electron chi connectivity index (χ4n) is 2.70. The van der Waals surface area contributed by atoms with Crippen molar-refractivity contribution in [2.45, 2.75) is 45.3 Å². The van der Waals surface area contributed by atoms with Crippen LogP contribution in [0.4, 0.5) is 9.18 Å². The zero-order valence-electron chi connectivity index (χ0n) is 13.7. The molecule has 0 radical (unpaired) electrons. The van der Waals surface area contributed by atoms with Gasteiger partial charge in [0.25, 0.3) is 0 Å². The number of hydrogen-bond donors (Lipinski definition) is 1. The Morgan fingerprint density at radius 3 is 2.83 bits per heavy atom. The van der Waals surface area contributed by atoms with Gasteiger partial charge in [0.2, 0.25) is 0 Å². The summed E-state index contributed by atoms with van der Waals surface area (Å²) in [5.41, 5.74) is -0.116. The molecule has 0 aromatic heterocycles. The van der Waals surface area contributed by atoms with Gasteiger partial charge in [-0.3, -0.25) is 0 Å². The van der Waals surface area contributed by atoms with Gasteiger partial charge in [-0.05, 0) is 45.2 Å². The summed E-state index contributed by atoms with van der Waals surface area (Å²) >= 11 is 5.80. The molecule has 0 bridgehead atoms. The van der Waals surface area contributed by atoms with Gasteiger partial charge < -0.3 is 14.7 Å². The minimum Gasteiger partial charge on any atom is -0.444 e. The van der Waals surface area contributed by atoms with Gasteiger partial charge in [-0.2, -0.15) is 0 Å². The number of aliphatic hydroxyl groups is 1. The number of nitrogens with zero attached hydrogens (tertiary/aromatic N) is 1. The van der Waals surface area contributed by atoms with Gasteiger partial charge in [0.1, 0.15) is 11.4 Å². The van der Waals surface area contributed by atoms with Crippen molar-refractivity contribution in [3.05, 3.63) is 34.6 Å². The predicted molar refractivity (Wildman–Crippen MR) is 87.0 cm³/mol. The fourth-order valence-corrected chi connectivity index (χ4v) is 2.90. The van der Waals surface area contributed by atoms with Gasteiger partial charge >= 0.3 is 6.09 Å². The molecule has 23 heavy (non-hydrogen) atoms. The van der Waals surface area contributed by atoms with Gasteiger partial charge in [0.15, 0.2) is 0 Å². The van der Waals surface area contributed by atoms with Crippen molar-refractivity contribution in [2.75, 3.05) is 13.1 Å². The highest BCUT2D eigenvalue weighted by atomic mass is 35.5. The molecular formula is C17H23ClFNO3. The van der Waals surface area contributed by atoms with Crippen molar-refractivity contribution >= 4 is 17.7 Å². The second kappa shape index (κ2) is 7.05. The lowest BCUT2D eigenvalue weighted by molar-refractivity contribution is -0.00835. The zero-order valence-corrected chi connectivity index (χ0v) is 14.4. The highest BCUT2D eigenvalue weighted by Gasteiger charge is 2.33. The van der Waals surface area contributed by atoms with E-state index >= 15 is 0 Å². The van der Waals surface area contributed by atoms with Crippen LogP contribution in [0.5, 0.6) is 0 Å². The van der Waals surface area contributed by atoms with Crippen molar-refractivity contribution in [1.29, 1.82) is 0 Å². The number of carbonyl (C=O) groups is 1. The number of benzene rings is 1. The van der Waals surface area contributed by atoms with Gasteiger partial charge in [-0.1, -0.05) is 23.7 Å². The lowest BCUT2D eigenvalue weighted by atomic mass is 9.88. The molecule has 1 aliphatic rings. The monoisotopic (exact) mass is 343 g/mol. The zero-order chi connectivity index (χ0) is 17.2. The van der Waals surface area contributed by atoms with Gasteiger partial charge in [0.05, 0.1) is 11.1 Å². The molecule has 1 saturated heterocycles. The molecule has 128 valence electrons. The molecule has 4 nitrogen and oxygen atoms in total. The van der Waals surface area contributed by atoms with E-state index in [0.717, 1.165) is 0 Å². The minimum atomic E-state index is -0.577. The van der Waals surface area contributed by atoms with E-state index in [9.17, 15) is 14.3 Å². The Labute approximate surface area is 141 Å². The van der Waals surface area contributed by atoms with Crippen LogP contribution in [0.2, 0.25) is 5.02 Å². The summed E-state index contributed by atoms with van der Waals surface area (Å²) in [7, 11) is 0. The number of aliphatic hydroxyl groups excluding tert-OH is 1. The normalized spacial score (nSPS) is 22.1. The minimum absolute atomic E-state index is 0.0665. The van der Waals surface area contributed by atoms with E-state index in [2.05, 4.69) is 0 Å². The number of hydrogen-bond acceptors (Lipinski definition) is 3. The summed E-state index contributed by atoms with van der Waals surface area (Å²) in [6.07, 6.45) is -0.202. The quantitative estimate of drug-likeness (QED) is 0.892. The number of ether oxygens (including phenoxy) is 1. The fraction of sp³-hybridized carbons (Fsp3) is 0.588. The number of rotatable bonds is 2. The van der Waals surface area contributed by atoms with Crippen LogP contribution in [0.3, 0.4) is 0 Å². The molecule has 1 aromatic rings. The summed E-state index contributed by atoms with van der Waals surface area (Å²) in [5, 5.41) is 10.3. The van der Waals surface area contributed by atoms with E-state index in [4.69, 9.17) is 16.3 Å². The average Bonchev–Trinajstić information content (AvgIpc) is 2.44. The van der Waals surface area contributed by atoms with E-state index in [1.807, 2.05) is 20.8 Å². The number of piperidine rings is 1. The summed E-state index contributed by atoms with van der Waals surface area (Å²) in [5.74, 6) is -0.708. The third-order valence-corrected chi connectivity index (χ3v) is 4.15. The maximum absolute atomic E-state index is 14.0. The van der Waals surface area contributed by atoms with E-state index in [1.165, 1.54) is 6.07 Å². The van der Waals surface area contributed by atoms with Crippen LogP contribution in [0.15, 0.2) is 18.2 Å². The maximum atomic E-state index is 14.0. The Hall–Kier alpha value is -1.33. The SMILES string of the molecule is CC(C)(C)OC(=O)N1CCC(O)C(Cc2cccc(Cl)c2F)C1. The standard InChI is InChI=1S/C17H23ClFNO3/c1-17(2,3)23-16(22)20-8-7-14(21)12(10-20)9-11-5-4-6-13(18)15(11)19/h4-6,12,14,21H,7-10H2,1-3H3.